The summed E-state index contributed by atoms with van der Waals surface area (Å²) in [6, 6.07) is 15.8. The molecule has 2 aromatic rings. The van der Waals surface area contributed by atoms with E-state index in [0.717, 1.165) is 16.7 Å². The fraction of sp³-hybridized carbons (Fsp3) is 0.438. The van der Waals surface area contributed by atoms with Gasteiger partial charge in [0.05, 0.1) is 0 Å². The SMILES string of the molecule is C=CCCC(=O)OCc1ccc(OC(=O)CCC=C)c(C(CC(N)(C(C)C)C(C)C)c2ccccc2)c1. The van der Waals surface area contributed by atoms with E-state index >= 15 is 0 Å². The van der Waals surface area contributed by atoms with Crippen LogP contribution < -0.4 is 10.5 Å². The minimum atomic E-state index is -0.461. The first-order valence-electron chi connectivity index (χ1n) is 13.2. The molecule has 0 aliphatic carbocycles. The molecule has 0 heterocycles. The summed E-state index contributed by atoms with van der Waals surface area (Å²) in [7, 11) is 0. The zero-order chi connectivity index (χ0) is 27.4. The van der Waals surface area contributed by atoms with E-state index in [-0.39, 0.29) is 42.7 Å². The zero-order valence-electron chi connectivity index (χ0n) is 22.9. The third-order valence-corrected chi connectivity index (χ3v) is 7.09. The number of ether oxygens (including phenoxy) is 2. The Bertz CT molecular complexity index is 1030. The Morgan fingerprint density at radius 2 is 1.51 bits per heavy atom. The fourth-order valence-corrected chi connectivity index (χ4v) is 4.49. The lowest BCUT2D eigenvalue weighted by atomic mass is 9.69. The summed E-state index contributed by atoms with van der Waals surface area (Å²) >= 11 is 0. The highest BCUT2D eigenvalue weighted by Crippen LogP contribution is 2.42. The normalized spacial score (nSPS) is 12.3. The summed E-state index contributed by atoms with van der Waals surface area (Å²) in [4.78, 5) is 24.7. The first-order chi connectivity index (χ1) is 17.6. The molecule has 0 amide bonds. The van der Waals surface area contributed by atoms with E-state index in [4.69, 9.17) is 15.2 Å². The first-order valence-corrected chi connectivity index (χ1v) is 13.2. The minimum absolute atomic E-state index is 0.130. The summed E-state index contributed by atoms with van der Waals surface area (Å²) < 4.78 is 11.4. The van der Waals surface area contributed by atoms with Gasteiger partial charge in [0.25, 0.3) is 0 Å². The van der Waals surface area contributed by atoms with Gasteiger partial charge in [-0.2, -0.15) is 0 Å². The van der Waals surface area contributed by atoms with Crippen LogP contribution in [0.3, 0.4) is 0 Å². The molecule has 0 radical (unpaired) electrons. The van der Waals surface area contributed by atoms with Crippen molar-refractivity contribution in [2.45, 2.75) is 77.9 Å². The molecule has 0 aromatic heterocycles. The van der Waals surface area contributed by atoms with Gasteiger partial charge in [-0.1, -0.05) is 76.2 Å². The monoisotopic (exact) mass is 505 g/mol. The highest BCUT2D eigenvalue weighted by atomic mass is 16.5. The van der Waals surface area contributed by atoms with Gasteiger partial charge in [-0.05, 0) is 54.4 Å². The van der Waals surface area contributed by atoms with Crippen molar-refractivity contribution in [2.24, 2.45) is 17.6 Å². The van der Waals surface area contributed by atoms with Crippen molar-refractivity contribution < 1.29 is 19.1 Å². The maximum atomic E-state index is 12.6. The Balaban J connectivity index is 2.56. The van der Waals surface area contributed by atoms with E-state index in [1.807, 2.05) is 30.3 Å². The van der Waals surface area contributed by atoms with Crippen molar-refractivity contribution in [3.8, 4) is 5.75 Å². The minimum Gasteiger partial charge on any atom is -0.461 e. The predicted molar refractivity (Wildman–Crippen MR) is 150 cm³/mol. The van der Waals surface area contributed by atoms with Crippen LogP contribution in [-0.2, 0) is 20.9 Å². The van der Waals surface area contributed by atoms with Crippen LogP contribution in [0.25, 0.3) is 0 Å². The summed E-state index contributed by atoms with van der Waals surface area (Å²) in [5, 5.41) is 0. The maximum absolute atomic E-state index is 12.6. The standard InChI is InChI=1S/C32H43NO4/c1-7-9-16-30(34)36-22-25-18-19-29(37-31(35)17-10-8-2)27(20-25)28(26-14-12-11-13-15-26)21-32(33,23(3)4)24(5)6/h7-8,11-15,18-20,23-24,28H,1-2,9-10,16-17,21-22,33H2,3-6H3. The van der Waals surface area contributed by atoms with Gasteiger partial charge in [0.1, 0.15) is 12.4 Å². The van der Waals surface area contributed by atoms with Crippen molar-refractivity contribution in [3.05, 3.63) is 90.5 Å². The smallest absolute Gasteiger partial charge is 0.311 e. The maximum Gasteiger partial charge on any atom is 0.311 e. The van der Waals surface area contributed by atoms with Gasteiger partial charge in [-0.15, -0.1) is 13.2 Å². The Labute approximate surface area is 222 Å². The Morgan fingerprint density at radius 1 is 0.919 bits per heavy atom. The lowest BCUT2D eigenvalue weighted by Crippen LogP contribution is -2.51. The van der Waals surface area contributed by atoms with E-state index in [1.54, 1.807) is 18.2 Å². The van der Waals surface area contributed by atoms with Gasteiger partial charge in [-0.3, -0.25) is 9.59 Å². The highest BCUT2D eigenvalue weighted by molar-refractivity contribution is 5.73. The molecule has 0 fully saturated rings. The van der Waals surface area contributed by atoms with E-state index in [2.05, 4.69) is 53.0 Å². The topological polar surface area (TPSA) is 78.6 Å². The number of carbonyl (C=O) groups is 2. The Morgan fingerprint density at radius 3 is 2.08 bits per heavy atom. The number of hydrogen-bond acceptors (Lipinski definition) is 5. The number of nitrogens with two attached hydrogens (primary N) is 1. The molecule has 0 spiro atoms. The molecular formula is C32H43NO4. The van der Waals surface area contributed by atoms with Gasteiger partial charge < -0.3 is 15.2 Å². The number of esters is 2. The predicted octanol–water partition coefficient (Wildman–Crippen LogP) is 7.10. The van der Waals surface area contributed by atoms with E-state index in [1.165, 1.54) is 0 Å². The third-order valence-electron chi connectivity index (χ3n) is 7.09. The van der Waals surface area contributed by atoms with Crippen LogP contribution >= 0.6 is 0 Å². The summed E-state index contributed by atoms with van der Waals surface area (Å²) in [5.74, 6) is 0.233. The highest BCUT2D eigenvalue weighted by Gasteiger charge is 2.37. The van der Waals surface area contributed by atoms with E-state index in [9.17, 15) is 9.59 Å². The van der Waals surface area contributed by atoms with Crippen molar-refractivity contribution in [1.82, 2.24) is 0 Å². The van der Waals surface area contributed by atoms with Gasteiger partial charge >= 0.3 is 11.9 Å². The van der Waals surface area contributed by atoms with Crippen LogP contribution in [0.15, 0.2) is 73.8 Å². The molecule has 2 aromatic carbocycles. The molecule has 5 nitrogen and oxygen atoms in total. The molecule has 0 saturated heterocycles. The van der Waals surface area contributed by atoms with Crippen LogP contribution in [0.1, 0.15) is 82.4 Å². The second-order valence-corrected chi connectivity index (χ2v) is 10.3. The molecule has 1 unspecified atom stereocenters. The van der Waals surface area contributed by atoms with Crippen molar-refractivity contribution in [3.63, 3.8) is 0 Å². The third kappa shape index (κ3) is 8.71. The molecule has 0 aliphatic heterocycles. The van der Waals surface area contributed by atoms with Crippen LogP contribution in [0, 0.1) is 11.8 Å². The second kappa shape index (κ2) is 14.5. The van der Waals surface area contributed by atoms with E-state index in [0.29, 0.717) is 31.4 Å². The zero-order valence-corrected chi connectivity index (χ0v) is 22.9. The first kappa shape index (κ1) is 30.0. The molecule has 2 N–H and O–H groups in total. The quantitative estimate of drug-likeness (QED) is 0.159. The van der Waals surface area contributed by atoms with Crippen LogP contribution in [-0.4, -0.2) is 17.5 Å². The van der Waals surface area contributed by atoms with Crippen molar-refractivity contribution in [1.29, 1.82) is 0 Å². The second-order valence-electron chi connectivity index (χ2n) is 10.3. The number of rotatable bonds is 15. The lowest BCUT2D eigenvalue weighted by Gasteiger charge is -2.41. The van der Waals surface area contributed by atoms with Gasteiger partial charge in [0.2, 0.25) is 0 Å². The molecular weight excluding hydrogens is 462 g/mol. The fourth-order valence-electron chi connectivity index (χ4n) is 4.49. The number of hydrogen-bond donors (Lipinski definition) is 1. The molecule has 0 saturated carbocycles. The molecule has 37 heavy (non-hydrogen) atoms. The molecule has 0 bridgehead atoms. The van der Waals surface area contributed by atoms with E-state index < -0.39 is 5.54 Å². The van der Waals surface area contributed by atoms with Crippen LogP contribution in [0.4, 0.5) is 0 Å². The van der Waals surface area contributed by atoms with Crippen molar-refractivity contribution in [2.75, 3.05) is 0 Å². The molecule has 0 aliphatic rings. The Hall–Kier alpha value is -3.18. The van der Waals surface area contributed by atoms with Crippen molar-refractivity contribution >= 4 is 11.9 Å². The lowest BCUT2D eigenvalue weighted by molar-refractivity contribution is -0.144. The molecule has 2 rings (SSSR count). The van der Waals surface area contributed by atoms with Crippen LogP contribution in [0.5, 0.6) is 5.75 Å². The molecule has 200 valence electrons. The Kier molecular flexibility index (Phi) is 11.8. The summed E-state index contributed by atoms with van der Waals surface area (Å²) in [6.07, 6.45) is 5.71. The number of carbonyl (C=O) groups excluding carboxylic acids is 2. The summed E-state index contributed by atoms with van der Waals surface area (Å²) in [5.41, 5.74) is 9.37. The number of allylic oxidation sites excluding steroid dienone is 2. The van der Waals surface area contributed by atoms with Crippen LogP contribution in [0.2, 0.25) is 0 Å². The van der Waals surface area contributed by atoms with Gasteiger partial charge in [0.15, 0.2) is 0 Å². The number of benzene rings is 2. The largest absolute Gasteiger partial charge is 0.461 e. The molecule has 5 heteroatoms. The average Bonchev–Trinajstić information content (AvgIpc) is 2.88. The molecule has 1 atom stereocenters. The van der Waals surface area contributed by atoms with Gasteiger partial charge in [-0.25, -0.2) is 0 Å². The summed E-state index contributed by atoms with van der Waals surface area (Å²) in [6.45, 7) is 16.1. The average molecular weight is 506 g/mol. The van der Waals surface area contributed by atoms with Gasteiger partial charge in [0, 0.05) is 29.9 Å².